The molecule has 0 aromatic heterocycles. The minimum atomic E-state index is -0.907. The molecule has 2 aliphatic rings. The molecule has 2 rings (SSSR count). The maximum Gasteiger partial charge on any atom is 0.315 e. The highest BCUT2D eigenvalue weighted by Gasteiger charge is 2.64. The van der Waals surface area contributed by atoms with Gasteiger partial charge in [-0.1, -0.05) is 0 Å². The Morgan fingerprint density at radius 3 is 2.69 bits per heavy atom. The predicted molar refractivity (Wildman–Crippen MR) is 57.9 cm³/mol. The highest BCUT2D eigenvalue weighted by molar-refractivity contribution is 5.81. The SMILES string of the molecule is CCOC(=O)C1(C2(O)CCCOCC2)CC1. The first-order valence-electron chi connectivity index (χ1n) is 6.12. The van der Waals surface area contributed by atoms with Crippen LogP contribution in [0.25, 0.3) is 0 Å². The van der Waals surface area contributed by atoms with Crippen molar-refractivity contribution in [1.29, 1.82) is 0 Å². The monoisotopic (exact) mass is 228 g/mol. The maximum atomic E-state index is 11.9. The molecule has 2 fully saturated rings. The van der Waals surface area contributed by atoms with E-state index in [1.807, 2.05) is 0 Å². The summed E-state index contributed by atoms with van der Waals surface area (Å²) in [6.07, 6.45) is 3.51. The lowest BCUT2D eigenvalue weighted by atomic mass is 9.78. The van der Waals surface area contributed by atoms with Crippen molar-refractivity contribution in [1.82, 2.24) is 0 Å². The van der Waals surface area contributed by atoms with E-state index in [-0.39, 0.29) is 5.97 Å². The molecule has 0 aromatic carbocycles. The zero-order valence-electron chi connectivity index (χ0n) is 9.83. The van der Waals surface area contributed by atoms with Crippen molar-refractivity contribution in [2.75, 3.05) is 19.8 Å². The molecule has 1 aliphatic carbocycles. The van der Waals surface area contributed by atoms with Gasteiger partial charge >= 0.3 is 5.97 Å². The van der Waals surface area contributed by atoms with Crippen LogP contribution in [0.3, 0.4) is 0 Å². The zero-order valence-corrected chi connectivity index (χ0v) is 9.83. The quantitative estimate of drug-likeness (QED) is 0.739. The molecule has 1 saturated heterocycles. The van der Waals surface area contributed by atoms with Crippen molar-refractivity contribution in [3.05, 3.63) is 0 Å². The molecule has 0 aromatic rings. The molecule has 0 spiro atoms. The Morgan fingerprint density at radius 1 is 1.31 bits per heavy atom. The summed E-state index contributed by atoms with van der Waals surface area (Å²) in [6.45, 7) is 3.40. The van der Waals surface area contributed by atoms with Gasteiger partial charge < -0.3 is 14.6 Å². The van der Waals surface area contributed by atoms with Gasteiger partial charge in [-0.25, -0.2) is 0 Å². The van der Waals surface area contributed by atoms with Crippen molar-refractivity contribution in [2.45, 2.75) is 44.6 Å². The molecule has 1 saturated carbocycles. The number of aliphatic hydroxyl groups is 1. The van der Waals surface area contributed by atoms with E-state index in [0.717, 1.165) is 19.3 Å². The first kappa shape index (κ1) is 11.9. The van der Waals surface area contributed by atoms with E-state index in [1.165, 1.54) is 0 Å². The Morgan fingerprint density at radius 2 is 2.06 bits per heavy atom. The van der Waals surface area contributed by atoms with Gasteiger partial charge in [-0.15, -0.1) is 0 Å². The van der Waals surface area contributed by atoms with Gasteiger partial charge in [-0.3, -0.25) is 4.79 Å². The normalized spacial score (nSPS) is 32.9. The van der Waals surface area contributed by atoms with Crippen LogP contribution in [0.5, 0.6) is 0 Å². The minimum absolute atomic E-state index is 0.223. The summed E-state index contributed by atoms with van der Waals surface area (Å²) >= 11 is 0. The third-order valence-electron chi connectivity index (χ3n) is 3.85. The lowest BCUT2D eigenvalue weighted by Crippen LogP contribution is -2.45. The number of carbonyl (C=O) groups is 1. The van der Waals surface area contributed by atoms with Gasteiger partial charge in [-0.05, 0) is 32.6 Å². The molecule has 1 unspecified atom stereocenters. The fourth-order valence-electron chi connectivity index (χ4n) is 2.67. The first-order valence-corrected chi connectivity index (χ1v) is 6.12. The van der Waals surface area contributed by atoms with Gasteiger partial charge in [0.15, 0.2) is 0 Å². The maximum absolute atomic E-state index is 11.9. The summed E-state index contributed by atoms with van der Waals surface area (Å²) < 4.78 is 10.4. The van der Waals surface area contributed by atoms with Gasteiger partial charge in [-0.2, -0.15) is 0 Å². The van der Waals surface area contributed by atoms with Crippen LogP contribution < -0.4 is 0 Å². The minimum Gasteiger partial charge on any atom is -0.465 e. The van der Waals surface area contributed by atoms with Crippen LogP contribution in [0.15, 0.2) is 0 Å². The third kappa shape index (κ3) is 1.84. The molecular weight excluding hydrogens is 208 g/mol. The van der Waals surface area contributed by atoms with E-state index in [0.29, 0.717) is 32.7 Å². The molecule has 1 atom stereocenters. The second-order valence-corrected chi connectivity index (χ2v) is 4.80. The second-order valence-electron chi connectivity index (χ2n) is 4.80. The van der Waals surface area contributed by atoms with Gasteiger partial charge in [0.25, 0.3) is 0 Å². The molecule has 0 radical (unpaired) electrons. The van der Waals surface area contributed by atoms with Gasteiger partial charge in [0.2, 0.25) is 0 Å². The average molecular weight is 228 g/mol. The molecular formula is C12H20O4. The van der Waals surface area contributed by atoms with Crippen LogP contribution in [0.4, 0.5) is 0 Å². The summed E-state index contributed by atoms with van der Waals surface area (Å²) in [5.41, 5.74) is -1.54. The van der Waals surface area contributed by atoms with Crippen molar-refractivity contribution < 1.29 is 19.4 Å². The highest BCUT2D eigenvalue weighted by atomic mass is 16.5. The number of ether oxygens (including phenoxy) is 2. The second kappa shape index (κ2) is 4.34. The van der Waals surface area contributed by atoms with Crippen LogP contribution in [0.2, 0.25) is 0 Å². The Balaban J connectivity index is 2.11. The lowest BCUT2D eigenvalue weighted by molar-refractivity contribution is -0.163. The van der Waals surface area contributed by atoms with E-state index < -0.39 is 11.0 Å². The highest BCUT2D eigenvalue weighted by Crippen LogP contribution is 2.58. The number of rotatable bonds is 3. The van der Waals surface area contributed by atoms with E-state index >= 15 is 0 Å². The molecule has 4 heteroatoms. The predicted octanol–water partition coefficient (Wildman–Crippen LogP) is 1.26. The summed E-state index contributed by atoms with van der Waals surface area (Å²) in [7, 11) is 0. The van der Waals surface area contributed by atoms with Gasteiger partial charge in [0, 0.05) is 19.6 Å². The fraction of sp³-hybridized carbons (Fsp3) is 0.917. The molecule has 16 heavy (non-hydrogen) atoms. The Hall–Kier alpha value is -0.610. The molecule has 0 amide bonds. The van der Waals surface area contributed by atoms with Crippen LogP contribution in [0.1, 0.15) is 39.0 Å². The van der Waals surface area contributed by atoms with Crippen molar-refractivity contribution in [2.24, 2.45) is 5.41 Å². The number of esters is 1. The number of carbonyl (C=O) groups excluding carboxylic acids is 1. The number of hydrogen-bond donors (Lipinski definition) is 1. The number of hydrogen-bond acceptors (Lipinski definition) is 4. The van der Waals surface area contributed by atoms with Crippen LogP contribution >= 0.6 is 0 Å². The topological polar surface area (TPSA) is 55.8 Å². The van der Waals surface area contributed by atoms with Crippen molar-refractivity contribution in [3.8, 4) is 0 Å². The first-order chi connectivity index (χ1) is 7.65. The van der Waals surface area contributed by atoms with E-state index in [2.05, 4.69) is 0 Å². The average Bonchev–Trinajstić information content (AvgIpc) is 3.03. The van der Waals surface area contributed by atoms with E-state index in [1.54, 1.807) is 6.92 Å². The summed E-state index contributed by atoms with van der Waals surface area (Å²) in [5.74, 6) is -0.223. The van der Waals surface area contributed by atoms with Gasteiger partial charge in [0.05, 0.1) is 17.6 Å². The lowest BCUT2D eigenvalue weighted by Gasteiger charge is -2.33. The summed E-state index contributed by atoms with van der Waals surface area (Å²) in [4.78, 5) is 11.9. The largest absolute Gasteiger partial charge is 0.465 e. The Labute approximate surface area is 95.9 Å². The Kier molecular flexibility index (Phi) is 3.22. The Bertz CT molecular complexity index is 262. The van der Waals surface area contributed by atoms with Gasteiger partial charge in [0.1, 0.15) is 0 Å². The molecule has 1 heterocycles. The molecule has 0 bridgehead atoms. The van der Waals surface area contributed by atoms with Crippen molar-refractivity contribution >= 4 is 5.97 Å². The van der Waals surface area contributed by atoms with Crippen LogP contribution in [0, 0.1) is 5.41 Å². The molecule has 1 aliphatic heterocycles. The third-order valence-corrected chi connectivity index (χ3v) is 3.85. The fourth-order valence-corrected chi connectivity index (χ4v) is 2.67. The molecule has 92 valence electrons. The molecule has 4 nitrogen and oxygen atoms in total. The smallest absolute Gasteiger partial charge is 0.315 e. The van der Waals surface area contributed by atoms with Crippen molar-refractivity contribution in [3.63, 3.8) is 0 Å². The molecule has 1 N–H and O–H groups in total. The standard InChI is InChI=1S/C12H20O4/c1-2-16-10(13)11(5-6-11)12(14)4-3-8-15-9-7-12/h14H,2-9H2,1H3. The zero-order chi connectivity index (χ0) is 11.6. The summed E-state index contributed by atoms with van der Waals surface area (Å²) in [6, 6.07) is 0. The van der Waals surface area contributed by atoms with E-state index in [9.17, 15) is 9.90 Å². The van der Waals surface area contributed by atoms with E-state index in [4.69, 9.17) is 9.47 Å². The summed E-state index contributed by atoms with van der Waals surface area (Å²) in [5, 5.41) is 10.7. The van der Waals surface area contributed by atoms with Crippen LogP contribution in [-0.4, -0.2) is 36.5 Å². The van der Waals surface area contributed by atoms with Crippen LogP contribution in [-0.2, 0) is 14.3 Å².